The first kappa shape index (κ1) is 22.1. The van der Waals surface area contributed by atoms with Crippen LogP contribution in [0.1, 0.15) is 41.4 Å². The minimum absolute atomic E-state index is 0.0217. The molecular formula is C27H24N2O4S. The van der Waals surface area contributed by atoms with E-state index in [2.05, 4.69) is 0 Å². The number of thiazole rings is 1. The van der Waals surface area contributed by atoms with Crippen LogP contribution in [0.4, 0.5) is 0 Å². The van der Waals surface area contributed by atoms with Crippen LogP contribution < -0.4 is 15.0 Å². The Morgan fingerprint density at radius 3 is 2.68 bits per heavy atom. The number of fused-ring (bicyclic) bond motifs is 1. The summed E-state index contributed by atoms with van der Waals surface area (Å²) in [6.45, 7) is 2.18. The number of Topliss-reactive ketones (excluding diaryl/α,β-unsaturated/α-hetero) is 1. The van der Waals surface area contributed by atoms with E-state index in [-0.39, 0.29) is 11.3 Å². The highest BCUT2D eigenvalue weighted by molar-refractivity contribution is 7.15. The number of ketones is 1. The molecule has 7 heteroatoms. The lowest BCUT2D eigenvalue weighted by Gasteiger charge is -2.13. The van der Waals surface area contributed by atoms with Crippen molar-refractivity contribution in [2.75, 3.05) is 13.7 Å². The van der Waals surface area contributed by atoms with E-state index in [1.165, 1.54) is 31.1 Å². The lowest BCUT2D eigenvalue weighted by Crippen LogP contribution is -2.17. The van der Waals surface area contributed by atoms with Crippen LogP contribution in [0.25, 0.3) is 28.2 Å². The maximum atomic E-state index is 13.4. The van der Waals surface area contributed by atoms with E-state index < -0.39 is 0 Å². The van der Waals surface area contributed by atoms with Crippen molar-refractivity contribution < 1.29 is 14.3 Å². The minimum Gasteiger partial charge on any atom is -0.493 e. The number of carbonyl (C=O) groups is 1. The molecule has 0 aliphatic heterocycles. The maximum Gasteiger partial charge on any atom is 0.266 e. The largest absolute Gasteiger partial charge is 0.493 e. The predicted octanol–water partition coefficient (Wildman–Crippen LogP) is 5.59. The second-order valence-electron chi connectivity index (χ2n) is 8.33. The Bertz CT molecular complexity index is 1450. The molecule has 2 heterocycles. The normalized spacial score (nSPS) is 13.5. The van der Waals surface area contributed by atoms with Gasteiger partial charge >= 0.3 is 0 Å². The maximum absolute atomic E-state index is 13.4. The molecular weight excluding hydrogens is 448 g/mol. The Morgan fingerprint density at radius 2 is 1.97 bits per heavy atom. The van der Waals surface area contributed by atoms with E-state index in [4.69, 9.17) is 14.5 Å². The summed E-state index contributed by atoms with van der Waals surface area (Å²) in [5.41, 5.74) is 3.03. The third-order valence-corrected chi connectivity index (χ3v) is 6.64. The molecule has 1 fully saturated rings. The molecule has 2 aromatic heterocycles. The molecule has 2 aromatic carbocycles. The van der Waals surface area contributed by atoms with Gasteiger partial charge in [0.15, 0.2) is 22.2 Å². The minimum atomic E-state index is -0.155. The first-order chi connectivity index (χ1) is 16.5. The van der Waals surface area contributed by atoms with Crippen molar-refractivity contribution in [1.82, 2.24) is 9.38 Å². The monoisotopic (exact) mass is 472 g/mol. The zero-order chi connectivity index (χ0) is 23.7. The van der Waals surface area contributed by atoms with Crippen LogP contribution in [0.5, 0.6) is 11.5 Å². The smallest absolute Gasteiger partial charge is 0.266 e. The van der Waals surface area contributed by atoms with Crippen LogP contribution in [-0.2, 0) is 0 Å². The Balaban J connectivity index is 1.60. The van der Waals surface area contributed by atoms with Gasteiger partial charge in [-0.05, 0) is 49.5 Å². The van der Waals surface area contributed by atoms with E-state index in [0.29, 0.717) is 51.4 Å². The molecule has 0 spiro atoms. The molecule has 0 bridgehead atoms. The van der Waals surface area contributed by atoms with E-state index in [9.17, 15) is 9.59 Å². The zero-order valence-electron chi connectivity index (χ0n) is 19.0. The molecule has 1 aliphatic carbocycles. The van der Waals surface area contributed by atoms with Crippen molar-refractivity contribution >= 4 is 34.2 Å². The Labute approximate surface area is 201 Å². The highest BCUT2D eigenvalue weighted by Crippen LogP contribution is 2.36. The quantitative estimate of drug-likeness (QED) is 0.313. The molecule has 0 atom stereocenters. The van der Waals surface area contributed by atoms with E-state index in [0.717, 1.165) is 5.56 Å². The van der Waals surface area contributed by atoms with Gasteiger partial charge in [-0.25, -0.2) is 4.98 Å². The molecule has 34 heavy (non-hydrogen) atoms. The van der Waals surface area contributed by atoms with Crippen molar-refractivity contribution in [2.45, 2.75) is 19.8 Å². The molecule has 6 nitrogen and oxygen atoms in total. The van der Waals surface area contributed by atoms with Gasteiger partial charge in [0.05, 0.1) is 25.0 Å². The SMILES string of the molecule is COc1cccc(C=Cc2nc3sccn3c(=O)c2-c2ccc(C(C)=O)cc2)c1OCC1CC1. The molecule has 0 saturated heterocycles. The molecule has 1 saturated carbocycles. The molecule has 0 radical (unpaired) electrons. The average Bonchev–Trinajstić information content (AvgIpc) is 3.56. The number of hydrogen-bond acceptors (Lipinski definition) is 6. The van der Waals surface area contributed by atoms with Crippen molar-refractivity contribution in [3.8, 4) is 22.6 Å². The summed E-state index contributed by atoms with van der Waals surface area (Å²) >= 11 is 1.40. The van der Waals surface area contributed by atoms with E-state index in [1.54, 1.807) is 42.0 Å². The summed E-state index contributed by atoms with van der Waals surface area (Å²) in [4.78, 5) is 30.4. The summed E-state index contributed by atoms with van der Waals surface area (Å²) in [5, 5.41) is 1.84. The van der Waals surface area contributed by atoms with Gasteiger partial charge in [0.2, 0.25) is 0 Å². The first-order valence-electron chi connectivity index (χ1n) is 11.1. The number of hydrogen-bond donors (Lipinski definition) is 0. The fraction of sp³-hybridized carbons (Fsp3) is 0.222. The fourth-order valence-electron chi connectivity index (χ4n) is 3.79. The van der Waals surface area contributed by atoms with Crippen molar-refractivity contribution in [3.05, 3.63) is 81.2 Å². The van der Waals surface area contributed by atoms with Crippen molar-refractivity contribution in [1.29, 1.82) is 0 Å². The third kappa shape index (κ3) is 4.39. The van der Waals surface area contributed by atoms with Crippen LogP contribution in [0, 0.1) is 5.92 Å². The molecule has 1 aliphatic rings. The first-order valence-corrected chi connectivity index (χ1v) is 12.0. The highest BCUT2D eigenvalue weighted by Gasteiger charge is 2.23. The summed E-state index contributed by atoms with van der Waals surface area (Å²) < 4.78 is 13.2. The number of methoxy groups -OCH3 is 1. The van der Waals surface area contributed by atoms with Gasteiger partial charge in [-0.3, -0.25) is 14.0 Å². The van der Waals surface area contributed by atoms with E-state index >= 15 is 0 Å². The van der Waals surface area contributed by atoms with Crippen LogP contribution in [0.2, 0.25) is 0 Å². The highest BCUT2D eigenvalue weighted by atomic mass is 32.1. The van der Waals surface area contributed by atoms with Gasteiger partial charge < -0.3 is 9.47 Å². The van der Waals surface area contributed by atoms with Crippen LogP contribution in [-0.4, -0.2) is 28.9 Å². The number of para-hydroxylation sites is 1. The average molecular weight is 473 g/mol. The standard InChI is InChI=1S/C27H24N2O4S/c1-17(30)19-8-10-20(11-9-19)24-22(28-27-29(26(24)31)14-15-34-27)13-12-21-4-3-5-23(32-2)25(21)33-16-18-6-7-18/h3-5,8-15,18H,6-7,16H2,1-2H3. The Hall–Kier alpha value is -3.71. The van der Waals surface area contributed by atoms with Gasteiger partial charge in [0.25, 0.3) is 5.56 Å². The second kappa shape index (κ2) is 9.27. The van der Waals surface area contributed by atoms with Crippen molar-refractivity contribution in [2.24, 2.45) is 5.92 Å². The topological polar surface area (TPSA) is 69.9 Å². The number of carbonyl (C=O) groups excluding carboxylic acids is 1. The van der Waals surface area contributed by atoms with Gasteiger partial charge in [-0.1, -0.05) is 36.4 Å². The number of rotatable bonds is 8. The van der Waals surface area contributed by atoms with Gasteiger partial charge in [0, 0.05) is 22.7 Å². The Kier molecular flexibility index (Phi) is 6.02. The number of aromatic nitrogens is 2. The molecule has 5 rings (SSSR count). The number of nitrogens with zero attached hydrogens (tertiary/aromatic N) is 2. The van der Waals surface area contributed by atoms with Crippen molar-refractivity contribution in [3.63, 3.8) is 0 Å². The second-order valence-corrected chi connectivity index (χ2v) is 9.21. The van der Waals surface area contributed by atoms with Crippen LogP contribution >= 0.6 is 11.3 Å². The molecule has 4 aromatic rings. The lowest BCUT2D eigenvalue weighted by atomic mass is 10.0. The van der Waals surface area contributed by atoms with Crippen LogP contribution in [0.15, 0.2) is 58.8 Å². The molecule has 0 amide bonds. The Morgan fingerprint density at radius 1 is 1.18 bits per heavy atom. The molecule has 172 valence electrons. The van der Waals surface area contributed by atoms with Gasteiger partial charge in [-0.2, -0.15) is 0 Å². The number of benzene rings is 2. The molecule has 0 unspecified atom stereocenters. The number of ether oxygens (including phenoxy) is 2. The summed E-state index contributed by atoms with van der Waals surface area (Å²) in [5.74, 6) is 1.94. The summed E-state index contributed by atoms with van der Waals surface area (Å²) in [6.07, 6.45) is 7.86. The van der Waals surface area contributed by atoms with Crippen LogP contribution in [0.3, 0.4) is 0 Å². The fourth-order valence-corrected chi connectivity index (χ4v) is 4.51. The molecule has 0 N–H and O–H groups in total. The zero-order valence-corrected chi connectivity index (χ0v) is 19.8. The predicted molar refractivity (Wildman–Crippen MR) is 135 cm³/mol. The lowest BCUT2D eigenvalue weighted by molar-refractivity contribution is 0.101. The van der Waals surface area contributed by atoms with Gasteiger partial charge in [-0.15, -0.1) is 11.3 Å². The van der Waals surface area contributed by atoms with Gasteiger partial charge in [0.1, 0.15) is 0 Å². The third-order valence-electron chi connectivity index (χ3n) is 5.88. The summed E-state index contributed by atoms with van der Waals surface area (Å²) in [7, 11) is 1.63. The summed E-state index contributed by atoms with van der Waals surface area (Å²) in [6, 6.07) is 12.8. The van der Waals surface area contributed by atoms with E-state index in [1.807, 2.05) is 35.7 Å².